The Morgan fingerprint density at radius 2 is 2.38 bits per heavy atom. The number of hydrogen-bond acceptors (Lipinski definition) is 4. The van der Waals surface area contributed by atoms with Gasteiger partial charge in [0.1, 0.15) is 4.83 Å². The summed E-state index contributed by atoms with van der Waals surface area (Å²) in [5.41, 5.74) is 5.48. The molecule has 4 nitrogen and oxygen atoms in total. The highest BCUT2D eigenvalue weighted by Crippen LogP contribution is 2.20. The number of hydrogen-bond donors (Lipinski definition) is 1. The molecule has 0 aromatic carbocycles. The minimum atomic E-state index is 0.0504. The Balaban J connectivity index is 2.47. The van der Waals surface area contributed by atoms with Gasteiger partial charge >= 0.3 is 0 Å². The lowest BCUT2D eigenvalue weighted by molar-refractivity contribution is 0.625. The fourth-order valence-electron chi connectivity index (χ4n) is 1.60. The van der Waals surface area contributed by atoms with Crippen molar-refractivity contribution in [3.63, 3.8) is 0 Å². The topological polar surface area (TPSA) is 60.9 Å². The molecule has 0 amide bonds. The van der Waals surface area contributed by atoms with E-state index < -0.39 is 0 Å². The fourth-order valence-corrected chi connectivity index (χ4v) is 2.53. The number of thiophene rings is 1. The minimum absolute atomic E-state index is 0.0504. The summed E-state index contributed by atoms with van der Waals surface area (Å²) in [4.78, 5) is 18.4. The third kappa shape index (κ3) is 2.01. The predicted octanol–water partition coefficient (Wildman–Crippen LogP) is 1.37. The summed E-state index contributed by atoms with van der Waals surface area (Å²) in [7, 11) is 0. The van der Waals surface area contributed by atoms with Crippen LogP contribution in [0.1, 0.15) is 18.2 Å². The van der Waals surface area contributed by atoms with Gasteiger partial charge in [0.05, 0.1) is 11.7 Å². The standard InChI is InChI=1S/C11H15N3OS/c1-2-8-6-9-10(16-8)13-7-14(11(9)15)5-3-4-12/h6-7H,2-5,12H2,1H3. The molecule has 2 heterocycles. The van der Waals surface area contributed by atoms with Crippen molar-refractivity contribution in [2.24, 2.45) is 5.73 Å². The summed E-state index contributed by atoms with van der Waals surface area (Å²) in [6, 6.07) is 1.95. The Morgan fingerprint density at radius 3 is 3.06 bits per heavy atom. The second-order valence-corrected chi connectivity index (χ2v) is 4.79. The lowest BCUT2D eigenvalue weighted by Gasteiger charge is -2.02. The maximum atomic E-state index is 12.1. The van der Waals surface area contributed by atoms with E-state index in [2.05, 4.69) is 11.9 Å². The van der Waals surface area contributed by atoms with Gasteiger partial charge in [-0.05, 0) is 25.5 Å². The molecule has 2 aromatic rings. The van der Waals surface area contributed by atoms with E-state index in [4.69, 9.17) is 5.73 Å². The summed E-state index contributed by atoms with van der Waals surface area (Å²) in [6.45, 7) is 3.32. The minimum Gasteiger partial charge on any atom is -0.330 e. The van der Waals surface area contributed by atoms with Crippen molar-refractivity contribution in [1.29, 1.82) is 0 Å². The van der Waals surface area contributed by atoms with Crippen LogP contribution in [0.25, 0.3) is 10.2 Å². The molecule has 0 saturated heterocycles. The second kappa shape index (κ2) is 4.76. The molecule has 2 N–H and O–H groups in total. The van der Waals surface area contributed by atoms with Crippen molar-refractivity contribution in [3.8, 4) is 0 Å². The predicted molar refractivity (Wildman–Crippen MR) is 66.9 cm³/mol. The molecule has 0 unspecified atom stereocenters. The van der Waals surface area contributed by atoms with Gasteiger partial charge in [0.15, 0.2) is 0 Å². The van der Waals surface area contributed by atoms with E-state index in [1.54, 1.807) is 22.2 Å². The van der Waals surface area contributed by atoms with Crippen LogP contribution < -0.4 is 11.3 Å². The molecule has 0 aliphatic carbocycles. The molecular formula is C11H15N3OS. The molecule has 0 fully saturated rings. The molecule has 16 heavy (non-hydrogen) atoms. The molecule has 0 atom stereocenters. The first-order chi connectivity index (χ1) is 7.76. The number of aryl methyl sites for hydroxylation is 2. The van der Waals surface area contributed by atoms with Crippen molar-refractivity contribution >= 4 is 21.6 Å². The molecule has 0 bridgehead atoms. The highest BCUT2D eigenvalue weighted by Gasteiger charge is 2.07. The van der Waals surface area contributed by atoms with Crippen molar-refractivity contribution < 1.29 is 0 Å². The zero-order chi connectivity index (χ0) is 11.5. The third-order valence-electron chi connectivity index (χ3n) is 2.52. The Bertz CT molecular complexity index is 544. The average Bonchev–Trinajstić information content (AvgIpc) is 2.72. The smallest absolute Gasteiger partial charge is 0.262 e. The van der Waals surface area contributed by atoms with Gasteiger partial charge in [0.2, 0.25) is 0 Å². The monoisotopic (exact) mass is 237 g/mol. The van der Waals surface area contributed by atoms with E-state index in [1.165, 1.54) is 4.88 Å². The normalized spacial score (nSPS) is 11.1. The number of aromatic nitrogens is 2. The van der Waals surface area contributed by atoms with Gasteiger partial charge < -0.3 is 5.73 Å². The Morgan fingerprint density at radius 1 is 1.56 bits per heavy atom. The number of fused-ring (bicyclic) bond motifs is 1. The summed E-state index contributed by atoms with van der Waals surface area (Å²) in [5.74, 6) is 0. The zero-order valence-electron chi connectivity index (χ0n) is 9.27. The number of rotatable bonds is 4. The largest absolute Gasteiger partial charge is 0.330 e. The van der Waals surface area contributed by atoms with E-state index in [0.29, 0.717) is 13.1 Å². The zero-order valence-corrected chi connectivity index (χ0v) is 10.1. The first kappa shape index (κ1) is 11.3. The van der Waals surface area contributed by atoms with Crippen LogP contribution in [0.2, 0.25) is 0 Å². The summed E-state index contributed by atoms with van der Waals surface area (Å²) in [5, 5.41) is 0.737. The molecule has 0 aliphatic heterocycles. The maximum Gasteiger partial charge on any atom is 0.262 e. The van der Waals surface area contributed by atoms with Gasteiger partial charge in [-0.15, -0.1) is 11.3 Å². The average molecular weight is 237 g/mol. The van der Waals surface area contributed by atoms with Crippen molar-refractivity contribution in [3.05, 3.63) is 27.6 Å². The Hall–Kier alpha value is -1.20. The molecule has 86 valence electrons. The van der Waals surface area contributed by atoms with Crippen LogP contribution in [0.4, 0.5) is 0 Å². The van der Waals surface area contributed by atoms with Crippen molar-refractivity contribution in [2.45, 2.75) is 26.3 Å². The van der Waals surface area contributed by atoms with Crippen LogP contribution >= 0.6 is 11.3 Å². The number of nitrogens with zero attached hydrogens (tertiary/aromatic N) is 2. The van der Waals surface area contributed by atoms with Gasteiger partial charge in [0, 0.05) is 11.4 Å². The lowest BCUT2D eigenvalue weighted by atomic mass is 10.3. The van der Waals surface area contributed by atoms with E-state index in [9.17, 15) is 4.79 Å². The Labute approximate surface area is 97.7 Å². The molecule has 0 radical (unpaired) electrons. The maximum absolute atomic E-state index is 12.1. The van der Waals surface area contributed by atoms with E-state index >= 15 is 0 Å². The SMILES string of the molecule is CCc1cc2c(=O)n(CCCN)cnc2s1. The van der Waals surface area contributed by atoms with Gasteiger partial charge in [-0.2, -0.15) is 0 Å². The van der Waals surface area contributed by atoms with Crippen LogP contribution in [0, 0.1) is 0 Å². The first-order valence-corrected chi connectivity index (χ1v) is 6.25. The first-order valence-electron chi connectivity index (χ1n) is 5.44. The lowest BCUT2D eigenvalue weighted by Crippen LogP contribution is -2.21. The highest BCUT2D eigenvalue weighted by atomic mass is 32.1. The molecule has 0 spiro atoms. The summed E-state index contributed by atoms with van der Waals surface area (Å²) in [6.07, 6.45) is 3.37. The molecule has 2 rings (SSSR count). The van der Waals surface area contributed by atoms with Crippen LogP contribution in [-0.2, 0) is 13.0 Å². The Kier molecular flexibility index (Phi) is 3.36. The molecule has 0 saturated carbocycles. The molecule has 2 aromatic heterocycles. The fraction of sp³-hybridized carbons (Fsp3) is 0.455. The van der Waals surface area contributed by atoms with Crippen molar-refractivity contribution in [1.82, 2.24) is 9.55 Å². The van der Waals surface area contributed by atoms with Gasteiger partial charge in [-0.25, -0.2) is 4.98 Å². The van der Waals surface area contributed by atoms with Gasteiger partial charge in [0.25, 0.3) is 5.56 Å². The van der Waals surface area contributed by atoms with E-state index in [-0.39, 0.29) is 5.56 Å². The van der Waals surface area contributed by atoms with E-state index in [0.717, 1.165) is 23.1 Å². The quantitative estimate of drug-likeness (QED) is 0.873. The van der Waals surface area contributed by atoms with E-state index in [1.807, 2.05) is 6.07 Å². The number of nitrogens with two attached hydrogens (primary N) is 1. The molecular weight excluding hydrogens is 222 g/mol. The van der Waals surface area contributed by atoms with Crippen LogP contribution in [0.5, 0.6) is 0 Å². The van der Waals surface area contributed by atoms with Crippen LogP contribution in [0.3, 0.4) is 0 Å². The van der Waals surface area contributed by atoms with Crippen LogP contribution in [0.15, 0.2) is 17.2 Å². The van der Waals surface area contributed by atoms with Gasteiger partial charge in [-0.1, -0.05) is 6.92 Å². The third-order valence-corrected chi connectivity index (χ3v) is 3.71. The van der Waals surface area contributed by atoms with Crippen molar-refractivity contribution in [2.75, 3.05) is 6.54 Å². The highest BCUT2D eigenvalue weighted by molar-refractivity contribution is 7.18. The molecule has 0 aliphatic rings. The molecule has 5 heteroatoms. The second-order valence-electron chi connectivity index (χ2n) is 3.67. The summed E-state index contributed by atoms with van der Waals surface area (Å²) >= 11 is 1.59. The van der Waals surface area contributed by atoms with Gasteiger partial charge in [-0.3, -0.25) is 9.36 Å². The van der Waals surface area contributed by atoms with Crippen LogP contribution in [-0.4, -0.2) is 16.1 Å². The summed E-state index contributed by atoms with van der Waals surface area (Å²) < 4.78 is 1.64.